The molecular weight excluding hydrogens is 801 g/mol. The first-order valence-electron chi connectivity index (χ1n) is 24.8. The summed E-state index contributed by atoms with van der Waals surface area (Å²) in [6, 6.07) is 0. The van der Waals surface area contributed by atoms with Crippen LogP contribution in [0.2, 0.25) is 0 Å². The summed E-state index contributed by atoms with van der Waals surface area (Å²) in [6.07, 6.45) is 0. The Hall–Kier alpha value is -7.62. The molecule has 0 amide bonds. The summed E-state index contributed by atoms with van der Waals surface area (Å²) in [5.41, 5.74) is 3.94. The molecule has 0 unspecified atom stereocenters. The van der Waals surface area contributed by atoms with Crippen LogP contribution in [0.5, 0.6) is 0 Å². The molecule has 2 nitrogen and oxygen atoms in total. The predicted octanol–water partition coefficient (Wildman–Crippen LogP) is 17.0. The lowest BCUT2D eigenvalue weighted by Gasteiger charge is -2.59. The highest BCUT2D eigenvalue weighted by atomic mass is 16.6. The molecule has 1 fully saturated rings. The second-order valence-corrected chi connectivity index (χ2v) is 25.3. The van der Waals surface area contributed by atoms with Gasteiger partial charge in [0.15, 0.2) is 11.2 Å². The lowest BCUT2D eigenvalue weighted by Crippen LogP contribution is -2.63. The van der Waals surface area contributed by atoms with E-state index in [0.29, 0.717) is 6.61 Å². The molecule has 28 aromatic carbocycles. The molecule has 28 aromatic rings. The van der Waals surface area contributed by atoms with Crippen molar-refractivity contribution < 1.29 is 9.47 Å². The molecule has 0 aromatic heterocycles. The van der Waals surface area contributed by atoms with E-state index >= 15 is 0 Å². The fourth-order valence-corrected chi connectivity index (χ4v) is 24.3. The molecule has 4 aliphatic carbocycles. The third kappa shape index (κ3) is 1.21. The second kappa shape index (κ2) is 5.19. The van der Waals surface area contributed by atoms with Crippen LogP contribution in [0, 0.1) is 0 Å². The maximum atomic E-state index is 8.53. The van der Waals surface area contributed by atoms with E-state index < -0.39 is 16.8 Å². The van der Waals surface area contributed by atoms with E-state index in [1.54, 1.807) is 291 Å². The van der Waals surface area contributed by atoms with Crippen LogP contribution in [0.3, 0.4) is 0 Å². The summed E-state index contributed by atoms with van der Waals surface area (Å²) in [4.78, 5) is 0. The molecule has 0 N–H and O–H groups in total. The summed E-state index contributed by atoms with van der Waals surface area (Å²) in [6.45, 7) is 5.28. The van der Waals surface area contributed by atoms with Crippen molar-refractivity contribution in [2.75, 3.05) is 6.61 Å². The SMILES string of the molecule is CC1(C)COC23c4c5c6c7c8c9c(c%10c%11c2c2c4c4c%12c5c5c6c6c8c8c%13c9c9c%10c%10c%11c%11c2c2c4c4c%12c%12c5c5c6c8c6c8c%13c9c9c%10c%10c%11c2c2c4c4c%12c5c6c5c8c9c%10c2c45)C73O1. The largest absolute Gasteiger partial charge is 0.359 e. The van der Waals surface area contributed by atoms with Gasteiger partial charge in [0.2, 0.25) is 0 Å². The van der Waals surface area contributed by atoms with Gasteiger partial charge in [0.05, 0.1) is 12.2 Å². The van der Waals surface area contributed by atoms with Gasteiger partial charge in [-0.2, -0.15) is 0 Å². The zero-order valence-electron chi connectivity index (χ0n) is 34.0. The Bertz CT molecular complexity index is 6860. The van der Waals surface area contributed by atoms with Crippen molar-refractivity contribution in [2.24, 2.45) is 0 Å². The molecule has 2 spiro atoms. The van der Waals surface area contributed by atoms with Crippen LogP contribution < -0.4 is 0 Å². The lowest BCUT2D eigenvalue weighted by molar-refractivity contribution is -0.295. The molecule has 2 heteroatoms. The monoisotopic (exact) mass is 808 g/mol. The van der Waals surface area contributed by atoms with Gasteiger partial charge >= 0.3 is 0 Å². The molecule has 66 heavy (non-hydrogen) atoms. The van der Waals surface area contributed by atoms with E-state index in [9.17, 15) is 0 Å². The minimum absolute atomic E-state index is 0.493. The molecule has 1 aliphatic heterocycles. The van der Waals surface area contributed by atoms with Gasteiger partial charge in [-0.1, -0.05) is 0 Å². The van der Waals surface area contributed by atoms with E-state index in [1.165, 1.54) is 22.3 Å². The summed E-state index contributed by atoms with van der Waals surface area (Å²) >= 11 is 0. The third-order valence-corrected chi connectivity index (χ3v) is 24.2. The summed E-state index contributed by atoms with van der Waals surface area (Å²) in [5, 5.41) is 86.8. The topological polar surface area (TPSA) is 18.5 Å². The van der Waals surface area contributed by atoms with Crippen LogP contribution >= 0.6 is 0 Å². The molecule has 1 heterocycles. The van der Waals surface area contributed by atoms with E-state index in [-0.39, 0.29) is 0 Å². The highest BCUT2D eigenvalue weighted by Gasteiger charge is 2.74. The van der Waals surface area contributed by atoms with Gasteiger partial charge in [-0.05, 0) is 305 Å². The van der Waals surface area contributed by atoms with Crippen LogP contribution in [-0.4, -0.2) is 12.2 Å². The quantitative estimate of drug-likeness (QED) is 0.142. The molecule has 0 bridgehead atoms. The van der Waals surface area contributed by atoms with Gasteiger partial charge in [-0.3, -0.25) is 0 Å². The average molecular weight is 809 g/mol. The highest BCUT2D eigenvalue weighted by Crippen LogP contribution is 2.85. The molecule has 1 saturated heterocycles. The zero-order valence-corrected chi connectivity index (χ0v) is 34.0. The normalized spacial score (nSPS) is 21.4. The first kappa shape index (κ1) is 24.1. The number of ether oxygens (including phenoxy) is 2. The van der Waals surface area contributed by atoms with Crippen molar-refractivity contribution >= 4 is 291 Å². The van der Waals surface area contributed by atoms with Crippen LogP contribution in [0.25, 0.3) is 291 Å². The van der Waals surface area contributed by atoms with E-state index in [0.717, 1.165) is 0 Å². The Morgan fingerprint density at radius 2 is 0.333 bits per heavy atom. The molecule has 0 saturated carbocycles. The predicted molar refractivity (Wildman–Crippen MR) is 275 cm³/mol. The van der Waals surface area contributed by atoms with E-state index in [1.807, 2.05) is 0 Å². The summed E-state index contributed by atoms with van der Waals surface area (Å²) in [5.74, 6) is 0. The maximum Gasteiger partial charge on any atom is 0.159 e. The van der Waals surface area contributed by atoms with Gasteiger partial charge in [0.25, 0.3) is 0 Å². The Balaban J connectivity index is 1.26. The van der Waals surface area contributed by atoms with Gasteiger partial charge in [0.1, 0.15) is 0 Å². The first-order chi connectivity index (χ1) is 32.7. The Morgan fingerprint density at radius 1 is 0.197 bits per heavy atom. The van der Waals surface area contributed by atoms with Crippen molar-refractivity contribution in [3.63, 3.8) is 0 Å². The summed E-state index contributed by atoms with van der Waals surface area (Å²) < 4.78 is 16.9. The van der Waals surface area contributed by atoms with Crippen LogP contribution in [-0.2, 0) is 20.7 Å². The van der Waals surface area contributed by atoms with Crippen LogP contribution in [0.15, 0.2) is 0 Å². The van der Waals surface area contributed by atoms with Gasteiger partial charge in [-0.15, -0.1) is 0 Å². The third-order valence-electron chi connectivity index (χ3n) is 24.2. The molecule has 5 aliphatic rings. The maximum absolute atomic E-state index is 8.53. The molecule has 33 rings (SSSR count). The fourth-order valence-electron chi connectivity index (χ4n) is 24.3. The summed E-state index contributed by atoms with van der Waals surface area (Å²) in [7, 11) is 0. The fraction of sp³-hybridized carbons (Fsp3) is 0.0938. The van der Waals surface area contributed by atoms with Gasteiger partial charge in [0, 0.05) is 22.3 Å². The standard InChI is InChI=1S/C64H8O2/c1-62(2)3-65-63-58-50-42-32-22-14-6-4-5-8-12-10(6)18-26-20(12)30-24-16(8)17-9(5)13-11-7(4)15(14)23-29-19(11)27-21(13)31-25(17)35-34(24)44-38(30)48-40(26)46(36(42)28(18)22)52(58)54(48)60-56(44)57-45(35)39(31)49-41(27)47-37(29)43(33(23)32)51(50)59(63)53(47)55(49)61(57)64(60,63)66-62/h3H2,1-2H3. The van der Waals surface area contributed by atoms with Crippen molar-refractivity contribution in [1.29, 1.82) is 0 Å². The molecule has 0 atom stereocenters. The zero-order chi connectivity index (χ0) is 39.1. The van der Waals surface area contributed by atoms with E-state index in [4.69, 9.17) is 9.47 Å². The minimum Gasteiger partial charge on any atom is -0.359 e. The highest BCUT2D eigenvalue weighted by molar-refractivity contribution is 6.82. The molecule has 276 valence electrons. The average Bonchev–Trinajstić information content (AvgIpc) is 4.16. The van der Waals surface area contributed by atoms with Crippen molar-refractivity contribution in [3.8, 4) is 0 Å². The van der Waals surface area contributed by atoms with Crippen molar-refractivity contribution in [3.05, 3.63) is 22.3 Å². The lowest BCUT2D eigenvalue weighted by atomic mass is 9.60. The number of rotatable bonds is 0. The first-order valence-corrected chi connectivity index (χ1v) is 24.8. The number of hydrogen-bond donors (Lipinski definition) is 0. The van der Waals surface area contributed by atoms with Crippen LogP contribution in [0.4, 0.5) is 0 Å². The van der Waals surface area contributed by atoms with E-state index in [2.05, 4.69) is 13.8 Å². The second-order valence-electron chi connectivity index (χ2n) is 25.3. The Kier molecular flexibility index (Phi) is 1.89. The van der Waals surface area contributed by atoms with Gasteiger partial charge < -0.3 is 9.47 Å². The Labute approximate surface area is 358 Å². The smallest absolute Gasteiger partial charge is 0.159 e. The molecular formula is C64H8O2. The minimum atomic E-state index is -0.805. The Morgan fingerprint density at radius 3 is 0.500 bits per heavy atom. The molecule has 0 radical (unpaired) electrons. The number of hydrogen-bond acceptors (Lipinski definition) is 2. The number of benzene rings is 18. The van der Waals surface area contributed by atoms with Crippen LogP contribution in [0.1, 0.15) is 36.1 Å². The van der Waals surface area contributed by atoms with Gasteiger partial charge in [-0.25, -0.2) is 0 Å². The van der Waals surface area contributed by atoms with Crippen molar-refractivity contribution in [2.45, 2.75) is 30.7 Å². The van der Waals surface area contributed by atoms with Crippen molar-refractivity contribution in [1.82, 2.24) is 0 Å².